The Labute approximate surface area is 138 Å². The number of benzene rings is 2. The second-order valence-corrected chi connectivity index (χ2v) is 5.19. The number of fused-ring (bicyclic) bond motifs is 1. The number of hydrogen-bond donors (Lipinski definition) is 2. The highest BCUT2D eigenvalue weighted by atomic mass is 16.5. The Morgan fingerprint density at radius 1 is 1.00 bits per heavy atom. The van der Waals surface area contributed by atoms with E-state index in [0.29, 0.717) is 5.75 Å². The Bertz CT molecular complexity index is 858. The van der Waals surface area contributed by atoms with Gasteiger partial charge in [-0.15, -0.1) is 0 Å². The molecule has 2 amide bonds. The van der Waals surface area contributed by atoms with Crippen LogP contribution in [0.5, 0.6) is 5.75 Å². The van der Waals surface area contributed by atoms with Gasteiger partial charge in [-0.05, 0) is 42.0 Å². The minimum atomic E-state index is -0.775. The predicted octanol–water partition coefficient (Wildman–Crippen LogP) is 2.66. The van der Waals surface area contributed by atoms with Crippen LogP contribution in [0.3, 0.4) is 0 Å². The van der Waals surface area contributed by atoms with Crippen LogP contribution >= 0.6 is 0 Å². The van der Waals surface area contributed by atoms with Crippen LogP contribution < -0.4 is 15.6 Å². The average Bonchev–Trinajstić information content (AvgIpc) is 3.14. The Morgan fingerprint density at radius 2 is 1.79 bits per heavy atom. The van der Waals surface area contributed by atoms with Crippen LogP contribution in [0.2, 0.25) is 0 Å². The zero-order valence-electron chi connectivity index (χ0n) is 13.0. The lowest BCUT2D eigenvalue weighted by Gasteiger charge is -2.15. The van der Waals surface area contributed by atoms with Crippen LogP contribution in [0.4, 0.5) is 0 Å². The van der Waals surface area contributed by atoms with Crippen LogP contribution in [0, 0.1) is 0 Å². The summed E-state index contributed by atoms with van der Waals surface area (Å²) < 4.78 is 10.6. The topological polar surface area (TPSA) is 80.6 Å². The number of hydrazine groups is 1. The molecule has 2 N–H and O–H groups in total. The fourth-order valence-corrected chi connectivity index (χ4v) is 2.19. The molecule has 3 rings (SSSR count). The number of ether oxygens (including phenoxy) is 1. The zero-order chi connectivity index (χ0) is 16.9. The molecule has 6 nitrogen and oxygen atoms in total. The second-order valence-electron chi connectivity index (χ2n) is 5.19. The smallest absolute Gasteiger partial charge is 0.305 e. The Kier molecular flexibility index (Phi) is 4.47. The van der Waals surface area contributed by atoms with E-state index in [1.807, 2.05) is 36.4 Å². The monoisotopic (exact) mass is 324 g/mol. The average molecular weight is 324 g/mol. The summed E-state index contributed by atoms with van der Waals surface area (Å²) in [5, 5.41) is 2.11. The maximum Gasteiger partial charge on any atom is 0.305 e. The molecule has 0 saturated carbocycles. The predicted molar refractivity (Wildman–Crippen MR) is 88.4 cm³/mol. The third-order valence-corrected chi connectivity index (χ3v) is 3.45. The first-order valence-electron chi connectivity index (χ1n) is 7.42. The molecule has 0 radical (unpaired) electrons. The molecule has 0 spiro atoms. The van der Waals surface area contributed by atoms with E-state index in [-0.39, 0.29) is 5.76 Å². The summed E-state index contributed by atoms with van der Waals surface area (Å²) in [4.78, 5) is 23.7. The maximum atomic E-state index is 12.0. The van der Waals surface area contributed by atoms with Gasteiger partial charge in [-0.2, -0.15) is 0 Å². The van der Waals surface area contributed by atoms with Crippen molar-refractivity contribution < 1.29 is 18.7 Å². The van der Waals surface area contributed by atoms with Crippen LogP contribution in [0.25, 0.3) is 10.8 Å². The summed E-state index contributed by atoms with van der Waals surface area (Å²) in [6, 6.07) is 16.5. The van der Waals surface area contributed by atoms with Gasteiger partial charge in [-0.3, -0.25) is 20.4 Å². The standard InChI is InChI=1S/C18H16N2O4/c1-12(17(21)19-20-18(22)16-7-4-10-23-16)24-15-9-8-13-5-2-3-6-14(13)11-15/h2-12H,1H3,(H,19,21)(H,20,22). The fourth-order valence-electron chi connectivity index (χ4n) is 2.19. The minimum absolute atomic E-state index is 0.110. The van der Waals surface area contributed by atoms with E-state index in [0.717, 1.165) is 10.8 Å². The van der Waals surface area contributed by atoms with Crippen molar-refractivity contribution in [1.82, 2.24) is 10.9 Å². The molecule has 0 aliphatic carbocycles. The van der Waals surface area contributed by atoms with Gasteiger partial charge in [0.05, 0.1) is 6.26 Å². The highest BCUT2D eigenvalue weighted by molar-refractivity contribution is 5.93. The molecular formula is C18H16N2O4. The lowest BCUT2D eigenvalue weighted by atomic mass is 10.1. The maximum absolute atomic E-state index is 12.0. The van der Waals surface area contributed by atoms with Crippen molar-refractivity contribution in [1.29, 1.82) is 0 Å². The molecule has 3 aromatic rings. The molecule has 122 valence electrons. The SMILES string of the molecule is CC(Oc1ccc2ccccc2c1)C(=O)NNC(=O)c1ccco1. The van der Waals surface area contributed by atoms with E-state index in [2.05, 4.69) is 10.9 Å². The Balaban J connectivity index is 1.57. The highest BCUT2D eigenvalue weighted by Gasteiger charge is 2.16. The first-order chi connectivity index (χ1) is 11.6. The number of amides is 2. The number of carbonyl (C=O) groups excluding carboxylic acids is 2. The van der Waals surface area contributed by atoms with Crippen molar-refractivity contribution in [2.24, 2.45) is 0 Å². The molecular weight excluding hydrogens is 308 g/mol. The molecule has 1 heterocycles. The Morgan fingerprint density at radius 3 is 2.54 bits per heavy atom. The highest BCUT2D eigenvalue weighted by Crippen LogP contribution is 2.21. The van der Waals surface area contributed by atoms with E-state index in [9.17, 15) is 9.59 Å². The first kappa shape index (κ1) is 15.6. The van der Waals surface area contributed by atoms with Crippen molar-refractivity contribution in [3.63, 3.8) is 0 Å². The van der Waals surface area contributed by atoms with Gasteiger partial charge >= 0.3 is 5.91 Å². The van der Waals surface area contributed by atoms with Crippen LogP contribution in [0.15, 0.2) is 65.3 Å². The van der Waals surface area contributed by atoms with E-state index in [1.54, 1.807) is 19.1 Å². The van der Waals surface area contributed by atoms with Gasteiger partial charge in [0.2, 0.25) is 0 Å². The number of furan rings is 1. The molecule has 24 heavy (non-hydrogen) atoms. The van der Waals surface area contributed by atoms with Crippen LogP contribution in [0.1, 0.15) is 17.5 Å². The molecule has 1 unspecified atom stereocenters. The van der Waals surface area contributed by atoms with Gasteiger partial charge in [-0.1, -0.05) is 30.3 Å². The molecule has 6 heteroatoms. The third-order valence-electron chi connectivity index (χ3n) is 3.45. The van der Waals surface area contributed by atoms with Crippen molar-refractivity contribution in [3.05, 3.63) is 66.6 Å². The van der Waals surface area contributed by atoms with E-state index in [4.69, 9.17) is 9.15 Å². The van der Waals surface area contributed by atoms with Crippen molar-refractivity contribution >= 4 is 22.6 Å². The van der Waals surface area contributed by atoms with Gasteiger partial charge in [-0.25, -0.2) is 0 Å². The minimum Gasteiger partial charge on any atom is -0.481 e. The van der Waals surface area contributed by atoms with Crippen molar-refractivity contribution in [3.8, 4) is 5.75 Å². The molecule has 0 fully saturated rings. The molecule has 1 atom stereocenters. The van der Waals surface area contributed by atoms with Crippen LogP contribution in [-0.4, -0.2) is 17.9 Å². The number of hydrogen-bond acceptors (Lipinski definition) is 4. The molecule has 0 bridgehead atoms. The summed E-state index contributed by atoms with van der Waals surface area (Å²) >= 11 is 0. The lowest BCUT2D eigenvalue weighted by molar-refractivity contribution is -0.128. The molecule has 2 aromatic carbocycles. The summed E-state index contributed by atoms with van der Waals surface area (Å²) in [7, 11) is 0. The van der Waals surface area contributed by atoms with E-state index in [1.165, 1.54) is 12.3 Å². The summed E-state index contributed by atoms with van der Waals surface area (Å²) in [5.41, 5.74) is 4.57. The largest absolute Gasteiger partial charge is 0.481 e. The first-order valence-corrected chi connectivity index (χ1v) is 7.42. The zero-order valence-corrected chi connectivity index (χ0v) is 13.0. The fraction of sp³-hybridized carbons (Fsp3) is 0.111. The summed E-state index contributed by atoms with van der Waals surface area (Å²) in [5.74, 6) is -0.318. The van der Waals surface area contributed by atoms with Gasteiger partial charge in [0.1, 0.15) is 5.75 Å². The number of nitrogens with one attached hydrogen (secondary N) is 2. The number of rotatable bonds is 4. The Hall–Kier alpha value is -3.28. The molecule has 0 aliphatic heterocycles. The second kappa shape index (κ2) is 6.87. The van der Waals surface area contributed by atoms with Gasteiger partial charge in [0, 0.05) is 0 Å². The lowest BCUT2D eigenvalue weighted by Crippen LogP contribution is -2.47. The van der Waals surface area contributed by atoms with Crippen molar-refractivity contribution in [2.45, 2.75) is 13.0 Å². The molecule has 1 aromatic heterocycles. The summed E-state index contributed by atoms with van der Waals surface area (Å²) in [6.07, 6.45) is 0.602. The number of carbonyl (C=O) groups is 2. The quantitative estimate of drug-likeness (QED) is 0.723. The summed E-state index contributed by atoms with van der Waals surface area (Å²) in [6.45, 7) is 1.60. The van der Waals surface area contributed by atoms with E-state index < -0.39 is 17.9 Å². The molecule has 0 aliphatic rings. The van der Waals surface area contributed by atoms with Crippen molar-refractivity contribution in [2.75, 3.05) is 0 Å². The van der Waals surface area contributed by atoms with Gasteiger partial charge < -0.3 is 9.15 Å². The third kappa shape index (κ3) is 3.55. The normalized spacial score (nSPS) is 11.7. The van der Waals surface area contributed by atoms with Gasteiger partial charge in [0.15, 0.2) is 11.9 Å². The molecule has 0 saturated heterocycles. The van der Waals surface area contributed by atoms with Crippen LogP contribution in [-0.2, 0) is 4.79 Å². The van der Waals surface area contributed by atoms with E-state index >= 15 is 0 Å². The van der Waals surface area contributed by atoms with Gasteiger partial charge in [0.25, 0.3) is 5.91 Å².